The highest BCUT2D eigenvalue weighted by Gasteiger charge is 2.14. The zero-order chi connectivity index (χ0) is 17.7. The molecule has 0 fully saturated rings. The fourth-order valence-corrected chi connectivity index (χ4v) is 3.04. The number of fused-ring (bicyclic) bond motifs is 1. The van der Waals surface area contributed by atoms with Gasteiger partial charge in [0.2, 0.25) is 0 Å². The average Bonchev–Trinajstić information content (AvgIpc) is 2.84. The third-order valence-corrected chi connectivity index (χ3v) is 4.56. The lowest BCUT2D eigenvalue weighted by Crippen LogP contribution is -2.32. The normalized spacial score (nSPS) is 10.8. The van der Waals surface area contributed by atoms with E-state index in [1.807, 2.05) is 13.8 Å². The lowest BCUT2D eigenvalue weighted by molar-refractivity contribution is -0.149. The highest BCUT2D eigenvalue weighted by molar-refractivity contribution is 7.18. The number of carbonyl (C=O) groups excluding carboxylic acids is 2. The molecule has 1 N–H and O–H groups in total. The maximum atomic E-state index is 12.4. The van der Waals surface area contributed by atoms with Gasteiger partial charge in [-0.05, 0) is 19.4 Å². The van der Waals surface area contributed by atoms with Crippen molar-refractivity contribution in [2.24, 2.45) is 0 Å². The number of hydrogen-bond acceptors (Lipinski definition) is 7. The number of esters is 1. The molecule has 0 radical (unpaired) electrons. The Morgan fingerprint density at radius 2 is 2.12 bits per heavy atom. The van der Waals surface area contributed by atoms with Crippen molar-refractivity contribution in [1.29, 1.82) is 0 Å². The van der Waals surface area contributed by atoms with Crippen molar-refractivity contribution < 1.29 is 19.1 Å². The van der Waals surface area contributed by atoms with E-state index in [0.717, 1.165) is 10.4 Å². The second-order valence-corrected chi connectivity index (χ2v) is 6.35. The van der Waals surface area contributed by atoms with E-state index in [-0.39, 0.29) is 12.1 Å². The van der Waals surface area contributed by atoms with Gasteiger partial charge < -0.3 is 14.8 Å². The van der Waals surface area contributed by atoms with Crippen LogP contribution in [-0.2, 0) is 25.6 Å². The Morgan fingerprint density at radius 3 is 2.83 bits per heavy atom. The van der Waals surface area contributed by atoms with Gasteiger partial charge in [0.25, 0.3) is 11.5 Å². The molecule has 0 saturated carbocycles. The summed E-state index contributed by atoms with van der Waals surface area (Å²) < 4.78 is 10.8. The van der Waals surface area contributed by atoms with E-state index in [0.29, 0.717) is 23.4 Å². The highest BCUT2D eigenvalue weighted by atomic mass is 32.1. The number of ether oxygens (including phenoxy) is 2. The van der Waals surface area contributed by atoms with E-state index in [4.69, 9.17) is 9.47 Å². The molecule has 0 atom stereocenters. The number of hydrogen-bond donors (Lipinski definition) is 1. The van der Waals surface area contributed by atoms with Gasteiger partial charge in [0, 0.05) is 18.5 Å². The van der Waals surface area contributed by atoms with Crippen LogP contribution < -0.4 is 10.9 Å². The van der Waals surface area contributed by atoms with E-state index in [1.54, 1.807) is 0 Å². The Labute approximate surface area is 142 Å². The molecule has 2 heterocycles. The Hall–Kier alpha value is -2.26. The van der Waals surface area contributed by atoms with Crippen LogP contribution in [0.4, 0.5) is 0 Å². The Bertz CT molecular complexity index is 811. The SMILES string of the molecule is COCCNC(=O)COC(=O)Cn1cnc2sc(C)c(C)c2c1=O. The molecule has 0 unspecified atom stereocenters. The molecule has 0 saturated heterocycles. The molecule has 0 aliphatic rings. The molecule has 1 amide bonds. The smallest absolute Gasteiger partial charge is 0.326 e. The predicted octanol–water partition coefficient (Wildman–Crippen LogP) is 0.381. The number of aryl methyl sites for hydroxylation is 2. The minimum Gasteiger partial charge on any atom is -0.454 e. The van der Waals surface area contributed by atoms with E-state index in [9.17, 15) is 14.4 Å². The summed E-state index contributed by atoms with van der Waals surface area (Å²) in [5, 5.41) is 3.05. The zero-order valence-corrected chi connectivity index (χ0v) is 14.6. The van der Waals surface area contributed by atoms with E-state index >= 15 is 0 Å². The summed E-state index contributed by atoms with van der Waals surface area (Å²) in [7, 11) is 1.52. The first kappa shape index (κ1) is 18.1. The van der Waals surface area contributed by atoms with Gasteiger partial charge in [-0.25, -0.2) is 4.98 Å². The summed E-state index contributed by atoms with van der Waals surface area (Å²) in [6.45, 7) is 3.79. The second kappa shape index (κ2) is 8.02. The third-order valence-electron chi connectivity index (χ3n) is 3.45. The van der Waals surface area contributed by atoms with Gasteiger partial charge in [-0.3, -0.25) is 19.0 Å². The average molecular weight is 353 g/mol. The first-order chi connectivity index (χ1) is 11.4. The quantitative estimate of drug-likeness (QED) is 0.571. The third kappa shape index (κ3) is 4.18. The highest BCUT2D eigenvalue weighted by Crippen LogP contribution is 2.25. The molecule has 9 heteroatoms. The number of methoxy groups -OCH3 is 1. The van der Waals surface area contributed by atoms with Crippen molar-refractivity contribution in [1.82, 2.24) is 14.9 Å². The summed E-state index contributed by atoms with van der Waals surface area (Å²) in [6.07, 6.45) is 1.32. The summed E-state index contributed by atoms with van der Waals surface area (Å²) in [5.41, 5.74) is 0.580. The molecule has 0 aliphatic heterocycles. The molecule has 130 valence electrons. The van der Waals surface area contributed by atoms with E-state index in [1.165, 1.54) is 29.3 Å². The van der Waals surface area contributed by atoms with Crippen LogP contribution in [0, 0.1) is 13.8 Å². The molecule has 0 aromatic carbocycles. The van der Waals surface area contributed by atoms with Crippen LogP contribution in [-0.4, -0.2) is 48.3 Å². The van der Waals surface area contributed by atoms with Gasteiger partial charge in [0.1, 0.15) is 11.4 Å². The largest absolute Gasteiger partial charge is 0.454 e. The van der Waals surface area contributed by atoms with Gasteiger partial charge in [0.05, 0.1) is 18.3 Å². The van der Waals surface area contributed by atoms with Crippen LogP contribution in [0.3, 0.4) is 0 Å². The first-order valence-corrected chi connectivity index (χ1v) is 8.12. The molecule has 0 spiro atoms. The van der Waals surface area contributed by atoms with Gasteiger partial charge in [-0.1, -0.05) is 0 Å². The number of amides is 1. The zero-order valence-electron chi connectivity index (χ0n) is 13.7. The summed E-state index contributed by atoms with van der Waals surface area (Å²) >= 11 is 1.44. The van der Waals surface area contributed by atoms with Crippen LogP contribution in [0.5, 0.6) is 0 Å². The minimum absolute atomic E-state index is 0.289. The van der Waals surface area contributed by atoms with Crippen molar-refractivity contribution >= 4 is 33.4 Å². The fourth-order valence-electron chi connectivity index (χ4n) is 2.06. The van der Waals surface area contributed by atoms with Crippen molar-refractivity contribution in [2.75, 3.05) is 26.9 Å². The van der Waals surface area contributed by atoms with Crippen molar-refractivity contribution in [3.05, 3.63) is 27.1 Å². The molecule has 0 aliphatic carbocycles. The predicted molar refractivity (Wildman–Crippen MR) is 89.2 cm³/mol. The van der Waals surface area contributed by atoms with Gasteiger partial charge in [-0.2, -0.15) is 0 Å². The standard InChI is InChI=1S/C15H19N3O5S/c1-9-10(2)24-14-13(9)15(21)18(8-17-14)6-12(20)23-7-11(19)16-4-5-22-3/h8H,4-7H2,1-3H3,(H,16,19). The van der Waals surface area contributed by atoms with Crippen molar-refractivity contribution in [3.63, 3.8) is 0 Å². The van der Waals surface area contributed by atoms with Crippen LogP contribution in [0.15, 0.2) is 11.1 Å². The van der Waals surface area contributed by atoms with Crippen molar-refractivity contribution in [2.45, 2.75) is 20.4 Å². The Balaban J connectivity index is 1.98. The molecular weight excluding hydrogens is 334 g/mol. The lowest BCUT2D eigenvalue weighted by atomic mass is 10.2. The molecule has 24 heavy (non-hydrogen) atoms. The van der Waals surface area contributed by atoms with Gasteiger partial charge in [-0.15, -0.1) is 11.3 Å². The maximum Gasteiger partial charge on any atom is 0.326 e. The van der Waals surface area contributed by atoms with E-state index in [2.05, 4.69) is 10.3 Å². The molecule has 2 aromatic heterocycles. The summed E-state index contributed by atoms with van der Waals surface area (Å²) in [6, 6.07) is 0. The number of thiophene rings is 1. The van der Waals surface area contributed by atoms with Crippen LogP contribution in [0.2, 0.25) is 0 Å². The van der Waals surface area contributed by atoms with Gasteiger partial charge in [0.15, 0.2) is 6.61 Å². The minimum atomic E-state index is -0.676. The summed E-state index contributed by atoms with van der Waals surface area (Å²) in [4.78, 5) is 41.6. The number of nitrogens with one attached hydrogen (secondary N) is 1. The van der Waals surface area contributed by atoms with Crippen LogP contribution in [0.1, 0.15) is 10.4 Å². The molecule has 8 nitrogen and oxygen atoms in total. The monoisotopic (exact) mass is 353 g/mol. The van der Waals surface area contributed by atoms with E-state index < -0.39 is 18.5 Å². The van der Waals surface area contributed by atoms with Crippen LogP contribution in [0.25, 0.3) is 10.2 Å². The van der Waals surface area contributed by atoms with Gasteiger partial charge >= 0.3 is 5.97 Å². The number of nitrogens with zero attached hydrogens (tertiary/aromatic N) is 2. The van der Waals surface area contributed by atoms with Crippen molar-refractivity contribution in [3.8, 4) is 0 Å². The first-order valence-electron chi connectivity index (χ1n) is 7.30. The fraction of sp³-hybridized carbons (Fsp3) is 0.467. The molecule has 2 rings (SSSR count). The molecular formula is C15H19N3O5S. The Morgan fingerprint density at radius 1 is 1.38 bits per heavy atom. The second-order valence-electron chi connectivity index (χ2n) is 5.14. The summed E-state index contributed by atoms with van der Waals surface area (Å²) in [5.74, 6) is -1.10. The number of aromatic nitrogens is 2. The number of rotatable bonds is 7. The molecule has 0 bridgehead atoms. The maximum absolute atomic E-state index is 12.4. The Kier molecular flexibility index (Phi) is 6.04. The number of carbonyl (C=O) groups is 2. The topological polar surface area (TPSA) is 99.5 Å². The van der Waals surface area contributed by atoms with Crippen LogP contribution >= 0.6 is 11.3 Å². The molecule has 2 aromatic rings. The lowest BCUT2D eigenvalue weighted by Gasteiger charge is -2.07.